The molecule has 0 saturated carbocycles. The SMILES string of the molecule is Cn1nccc1CCNc1c(F)cccc1C(=O)O. The van der Waals surface area contributed by atoms with E-state index in [1.54, 1.807) is 10.9 Å². The summed E-state index contributed by atoms with van der Waals surface area (Å²) in [6.45, 7) is 0.431. The number of halogens is 1. The van der Waals surface area contributed by atoms with E-state index >= 15 is 0 Å². The number of nitrogens with zero attached hydrogens (tertiary/aromatic N) is 2. The number of rotatable bonds is 5. The summed E-state index contributed by atoms with van der Waals surface area (Å²) < 4.78 is 15.3. The number of aromatic nitrogens is 2. The standard InChI is InChI=1S/C13H14FN3O2/c1-17-9(6-8-16-17)5-7-15-12-10(13(18)19)3-2-4-11(12)14/h2-4,6,8,15H,5,7H2,1H3,(H,18,19). The first-order valence-electron chi connectivity index (χ1n) is 5.82. The minimum atomic E-state index is -1.15. The van der Waals surface area contributed by atoms with E-state index in [-0.39, 0.29) is 11.3 Å². The Balaban J connectivity index is 2.07. The molecular weight excluding hydrogens is 249 g/mol. The van der Waals surface area contributed by atoms with Crippen LogP contribution in [0.3, 0.4) is 0 Å². The van der Waals surface area contributed by atoms with Gasteiger partial charge in [-0.05, 0) is 18.2 Å². The van der Waals surface area contributed by atoms with E-state index in [0.717, 1.165) is 5.69 Å². The van der Waals surface area contributed by atoms with Crippen molar-refractivity contribution in [3.05, 3.63) is 47.5 Å². The molecule has 100 valence electrons. The average molecular weight is 263 g/mol. The molecule has 0 aliphatic carbocycles. The summed E-state index contributed by atoms with van der Waals surface area (Å²) >= 11 is 0. The first-order chi connectivity index (χ1) is 9.09. The van der Waals surface area contributed by atoms with Crippen LogP contribution in [0.1, 0.15) is 16.1 Å². The molecule has 0 fully saturated rings. The smallest absolute Gasteiger partial charge is 0.337 e. The normalized spacial score (nSPS) is 10.4. The van der Waals surface area contributed by atoms with Gasteiger partial charge < -0.3 is 10.4 Å². The summed E-state index contributed by atoms with van der Waals surface area (Å²) in [5.74, 6) is -1.72. The van der Waals surface area contributed by atoms with Crippen molar-refractivity contribution < 1.29 is 14.3 Å². The first-order valence-corrected chi connectivity index (χ1v) is 5.82. The van der Waals surface area contributed by atoms with E-state index < -0.39 is 11.8 Å². The van der Waals surface area contributed by atoms with E-state index in [1.165, 1.54) is 18.2 Å². The molecule has 1 heterocycles. The molecule has 0 unspecified atom stereocenters. The molecule has 2 N–H and O–H groups in total. The van der Waals surface area contributed by atoms with E-state index in [1.807, 2.05) is 13.1 Å². The Bertz CT molecular complexity index is 595. The highest BCUT2D eigenvalue weighted by Gasteiger charge is 2.13. The predicted octanol–water partition coefficient (Wildman–Crippen LogP) is 1.91. The maximum absolute atomic E-state index is 13.6. The lowest BCUT2D eigenvalue weighted by Gasteiger charge is -2.10. The van der Waals surface area contributed by atoms with E-state index in [2.05, 4.69) is 10.4 Å². The maximum atomic E-state index is 13.6. The second kappa shape index (κ2) is 5.51. The van der Waals surface area contributed by atoms with Crippen LogP contribution >= 0.6 is 0 Å². The zero-order valence-corrected chi connectivity index (χ0v) is 10.4. The van der Waals surface area contributed by atoms with Crippen LogP contribution in [0.4, 0.5) is 10.1 Å². The number of carbonyl (C=O) groups is 1. The summed E-state index contributed by atoms with van der Waals surface area (Å²) in [7, 11) is 1.82. The number of nitrogens with one attached hydrogen (secondary N) is 1. The number of carboxylic acids is 1. The molecule has 0 aliphatic rings. The Morgan fingerprint density at radius 1 is 1.47 bits per heavy atom. The zero-order chi connectivity index (χ0) is 13.8. The van der Waals surface area contributed by atoms with Gasteiger partial charge in [0.05, 0.1) is 11.3 Å². The lowest BCUT2D eigenvalue weighted by atomic mass is 10.1. The molecule has 0 aliphatic heterocycles. The fraction of sp³-hybridized carbons (Fsp3) is 0.231. The third kappa shape index (κ3) is 2.90. The number of aromatic carboxylic acids is 1. The number of aryl methyl sites for hydroxylation is 1. The van der Waals surface area contributed by atoms with Gasteiger partial charge in [0.15, 0.2) is 0 Å². The molecule has 0 amide bonds. The van der Waals surface area contributed by atoms with Crippen molar-refractivity contribution >= 4 is 11.7 Å². The highest BCUT2D eigenvalue weighted by atomic mass is 19.1. The lowest BCUT2D eigenvalue weighted by Crippen LogP contribution is -2.12. The number of benzene rings is 1. The molecule has 6 heteroatoms. The van der Waals surface area contributed by atoms with Crippen molar-refractivity contribution in [2.24, 2.45) is 7.05 Å². The number of anilines is 1. The molecular formula is C13H14FN3O2. The minimum Gasteiger partial charge on any atom is -0.478 e. The first kappa shape index (κ1) is 13.1. The monoisotopic (exact) mass is 263 g/mol. The van der Waals surface area contributed by atoms with E-state index in [4.69, 9.17) is 5.11 Å². The molecule has 0 atom stereocenters. The summed E-state index contributed by atoms with van der Waals surface area (Å²) in [4.78, 5) is 11.0. The third-order valence-corrected chi connectivity index (χ3v) is 2.85. The fourth-order valence-electron chi connectivity index (χ4n) is 1.84. The predicted molar refractivity (Wildman–Crippen MR) is 68.8 cm³/mol. The van der Waals surface area contributed by atoms with Gasteiger partial charge in [-0.25, -0.2) is 9.18 Å². The summed E-state index contributed by atoms with van der Waals surface area (Å²) in [6, 6.07) is 5.85. The third-order valence-electron chi connectivity index (χ3n) is 2.85. The van der Waals surface area contributed by atoms with Gasteiger partial charge in [-0.15, -0.1) is 0 Å². The number of hydrogen-bond acceptors (Lipinski definition) is 3. The van der Waals surface area contributed by atoms with Crippen LogP contribution in [0.15, 0.2) is 30.5 Å². The molecule has 0 bridgehead atoms. The van der Waals surface area contributed by atoms with Crippen molar-refractivity contribution in [3.63, 3.8) is 0 Å². The second-order valence-electron chi connectivity index (χ2n) is 4.09. The average Bonchev–Trinajstić information content (AvgIpc) is 2.77. The number of carboxylic acid groups (broad SMARTS) is 1. The summed E-state index contributed by atoms with van der Waals surface area (Å²) in [6.07, 6.45) is 2.31. The summed E-state index contributed by atoms with van der Waals surface area (Å²) in [5.41, 5.74) is 0.947. The molecule has 1 aromatic heterocycles. The molecule has 0 spiro atoms. The highest BCUT2D eigenvalue weighted by molar-refractivity contribution is 5.94. The summed E-state index contributed by atoms with van der Waals surface area (Å²) in [5, 5.41) is 15.9. The van der Waals surface area contributed by atoms with Crippen molar-refractivity contribution in [2.75, 3.05) is 11.9 Å². The van der Waals surface area contributed by atoms with Gasteiger partial charge in [-0.1, -0.05) is 6.07 Å². The molecule has 2 rings (SSSR count). The van der Waals surface area contributed by atoms with Gasteiger partial charge in [0.1, 0.15) is 5.82 Å². The Labute approximate surface area is 109 Å². The lowest BCUT2D eigenvalue weighted by molar-refractivity contribution is 0.0697. The fourth-order valence-corrected chi connectivity index (χ4v) is 1.84. The molecule has 2 aromatic rings. The number of hydrogen-bond donors (Lipinski definition) is 2. The highest BCUT2D eigenvalue weighted by Crippen LogP contribution is 2.19. The van der Waals surface area contributed by atoms with Gasteiger partial charge in [-0.3, -0.25) is 4.68 Å². The van der Waals surface area contributed by atoms with Crippen LogP contribution in [0.25, 0.3) is 0 Å². The number of para-hydroxylation sites is 1. The van der Waals surface area contributed by atoms with Crippen LogP contribution < -0.4 is 5.32 Å². The van der Waals surface area contributed by atoms with Gasteiger partial charge in [0, 0.05) is 31.9 Å². The van der Waals surface area contributed by atoms with Crippen LogP contribution in [-0.4, -0.2) is 27.4 Å². The van der Waals surface area contributed by atoms with Crippen molar-refractivity contribution in [2.45, 2.75) is 6.42 Å². The largest absolute Gasteiger partial charge is 0.478 e. The van der Waals surface area contributed by atoms with Crippen LogP contribution in [0, 0.1) is 5.82 Å². The van der Waals surface area contributed by atoms with Crippen molar-refractivity contribution in [1.82, 2.24) is 9.78 Å². The van der Waals surface area contributed by atoms with Gasteiger partial charge in [0.25, 0.3) is 0 Å². The van der Waals surface area contributed by atoms with Crippen molar-refractivity contribution in [1.29, 1.82) is 0 Å². The Morgan fingerprint density at radius 3 is 2.89 bits per heavy atom. The van der Waals surface area contributed by atoms with Gasteiger partial charge in [0.2, 0.25) is 0 Å². The topological polar surface area (TPSA) is 67.2 Å². The Kier molecular flexibility index (Phi) is 3.79. The van der Waals surface area contributed by atoms with Crippen LogP contribution in [0.2, 0.25) is 0 Å². The molecule has 19 heavy (non-hydrogen) atoms. The Morgan fingerprint density at radius 2 is 2.26 bits per heavy atom. The zero-order valence-electron chi connectivity index (χ0n) is 10.4. The van der Waals surface area contributed by atoms with E-state index in [9.17, 15) is 9.18 Å². The van der Waals surface area contributed by atoms with Gasteiger partial charge >= 0.3 is 5.97 Å². The van der Waals surface area contributed by atoms with Crippen LogP contribution in [-0.2, 0) is 13.5 Å². The second-order valence-corrected chi connectivity index (χ2v) is 4.09. The molecule has 1 aromatic carbocycles. The maximum Gasteiger partial charge on any atom is 0.337 e. The molecule has 0 saturated heterocycles. The van der Waals surface area contributed by atoms with Crippen LogP contribution in [0.5, 0.6) is 0 Å². The minimum absolute atomic E-state index is 0.0252. The van der Waals surface area contributed by atoms with Gasteiger partial charge in [-0.2, -0.15) is 5.10 Å². The molecule has 5 nitrogen and oxygen atoms in total. The Hall–Kier alpha value is -2.37. The van der Waals surface area contributed by atoms with E-state index in [0.29, 0.717) is 13.0 Å². The molecule has 0 radical (unpaired) electrons. The van der Waals surface area contributed by atoms with Crippen molar-refractivity contribution in [3.8, 4) is 0 Å². The quantitative estimate of drug-likeness (QED) is 0.864.